The van der Waals surface area contributed by atoms with Crippen LogP contribution in [-0.4, -0.2) is 18.3 Å². The van der Waals surface area contributed by atoms with Gasteiger partial charge in [0.2, 0.25) is 0 Å². The molecule has 1 heterocycles. The summed E-state index contributed by atoms with van der Waals surface area (Å²) in [6.07, 6.45) is 4.02. The van der Waals surface area contributed by atoms with Crippen molar-refractivity contribution in [2.75, 3.05) is 0 Å². The molecule has 0 aliphatic carbocycles. The van der Waals surface area contributed by atoms with Crippen LogP contribution < -0.4 is 5.46 Å². The smallest absolute Gasteiger partial charge is 0.399 e. The molecule has 3 heteroatoms. The minimum absolute atomic E-state index is 0.157. The Hall–Kier alpha value is -2.36. The van der Waals surface area contributed by atoms with E-state index >= 15 is 0 Å². The highest BCUT2D eigenvalue weighted by atomic mass is 16.7. The Labute approximate surface area is 238 Å². The van der Waals surface area contributed by atoms with Crippen molar-refractivity contribution in [1.82, 2.24) is 0 Å². The van der Waals surface area contributed by atoms with E-state index in [1.807, 2.05) is 0 Å². The van der Waals surface area contributed by atoms with Gasteiger partial charge in [-0.15, -0.1) is 0 Å². The summed E-state index contributed by atoms with van der Waals surface area (Å²) < 4.78 is 12.9. The van der Waals surface area contributed by atoms with Crippen molar-refractivity contribution in [1.29, 1.82) is 0 Å². The SMILES string of the molecule is CC(C)(C)c1cccc(CCc2cc(CCc3cccc(C(C)(C)C)c3)cc(B3OC(C)(C)C(C)(C)O3)c2)c1. The van der Waals surface area contributed by atoms with E-state index in [0.717, 1.165) is 31.1 Å². The first kappa shape index (κ1) is 29.6. The molecule has 1 aliphatic rings. The summed E-state index contributed by atoms with van der Waals surface area (Å²) in [5, 5.41) is 0. The van der Waals surface area contributed by atoms with Crippen molar-refractivity contribution >= 4 is 12.6 Å². The first-order valence-electron chi connectivity index (χ1n) is 14.7. The molecule has 3 aromatic carbocycles. The molecule has 0 unspecified atom stereocenters. The minimum Gasteiger partial charge on any atom is -0.399 e. The summed E-state index contributed by atoms with van der Waals surface area (Å²) in [7, 11) is -0.345. The second kappa shape index (κ2) is 10.9. The maximum absolute atomic E-state index is 6.47. The van der Waals surface area contributed by atoms with Gasteiger partial charge < -0.3 is 9.31 Å². The lowest BCUT2D eigenvalue weighted by Crippen LogP contribution is -2.41. The highest BCUT2D eigenvalue weighted by Crippen LogP contribution is 2.36. The third-order valence-electron chi connectivity index (χ3n) is 8.59. The van der Waals surface area contributed by atoms with Gasteiger partial charge in [-0.3, -0.25) is 0 Å². The van der Waals surface area contributed by atoms with Gasteiger partial charge in [0.25, 0.3) is 0 Å². The van der Waals surface area contributed by atoms with Crippen LogP contribution in [0.5, 0.6) is 0 Å². The predicted octanol–water partition coefficient (Wildman–Crippen LogP) is 8.15. The van der Waals surface area contributed by atoms with Crippen LogP contribution in [-0.2, 0) is 45.8 Å². The number of hydrogen-bond donors (Lipinski definition) is 0. The van der Waals surface area contributed by atoms with Gasteiger partial charge in [0.15, 0.2) is 0 Å². The van der Waals surface area contributed by atoms with Gasteiger partial charge in [-0.25, -0.2) is 0 Å². The van der Waals surface area contributed by atoms with Gasteiger partial charge >= 0.3 is 7.12 Å². The fourth-order valence-electron chi connectivity index (χ4n) is 5.16. The van der Waals surface area contributed by atoms with Crippen LogP contribution in [0.1, 0.15) is 103 Å². The average Bonchev–Trinajstić information content (AvgIpc) is 3.07. The Morgan fingerprint density at radius 2 is 0.923 bits per heavy atom. The lowest BCUT2D eigenvalue weighted by Gasteiger charge is -2.32. The van der Waals surface area contributed by atoms with E-state index in [1.165, 1.54) is 33.4 Å². The van der Waals surface area contributed by atoms with E-state index in [4.69, 9.17) is 9.31 Å². The van der Waals surface area contributed by atoms with E-state index in [0.29, 0.717) is 0 Å². The molecular formula is C36H49BO2. The van der Waals surface area contributed by atoms with Crippen molar-refractivity contribution in [3.05, 3.63) is 100 Å². The van der Waals surface area contributed by atoms with Crippen molar-refractivity contribution < 1.29 is 9.31 Å². The Morgan fingerprint density at radius 3 is 1.31 bits per heavy atom. The average molecular weight is 525 g/mol. The Bertz CT molecular complexity index is 1190. The fraction of sp³-hybridized carbons (Fsp3) is 0.500. The Kier molecular flexibility index (Phi) is 8.28. The van der Waals surface area contributed by atoms with E-state index in [9.17, 15) is 0 Å². The van der Waals surface area contributed by atoms with Crippen molar-refractivity contribution in [3.63, 3.8) is 0 Å². The molecule has 0 radical (unpaired) electrons. The summed E-state index contributed by atoms with van der Waals surface area (Å²) >= 11 is 0. The standard InChI is InChI=1S/C36H49BO2/c1-33(2,3)30-15-11-13-26(22-30)17-19-28-21-29(20-18-27-14-12-16-31(23-27)34(4,5)6)25-32(24-28)37-38-35(7,8)36(9,10)39-37/h11-16,21-25H,17-20H2,1-10H3. The molecule has 0 aromatic heterocycles. The maximum Gasteiger partial charge on any atom is 0.494 e. The third-order valence-corrected chi connectivity index (χ3v) is 8.59. The molecule has 0 saturated carbocycles. The number of rotatable bonds is 7. The molecule has 0 N–H and O–H groups in total. The normalized spacial score (nSPS) is 17.0. The van der Waals surface area contributed by atoms with Crippen LogP contribution in [0.15, 0.2) is 66.7 Å². The molecule has 0 bridgehead atoms. The van der Waals surface area contributed by atoms with Crippen LogP contribution in [0, 0.1) is 0 Å². The highest BCUT2D eigenvalue weighted by molar-refractivity contribution is 6.62. The second-order valence-electron chi connectivity index (χ2n) is 14.6. The molecular weight excluding hydrogens is 475 g/mol. The largest absolute Gasteiger partial charge is 0.494 e. The monoisotopic (exact) mass is 524 g/mol. The molecule has 1 aliphatic heterocycles. The third kappa shape index (κ3) is 7.24. The lowest BCUT2D eigenvalue weighted by atomic mass is 9.76. The molecule has 3 aromatic rings. The molecule has 0 amide bonds. The van der Waals surface area contributed by atoms with Crippen molar-refractivity contribution in [2.45, 2.75) is 117 Å². The zero-order chi connectivity index (χ0) is 28.6. The predicted molar refractivity (Wildman–Crippen MR) is 167 cm³/mol. The van der Waals surface area contributed by atoms with Crippen LogP contribution >= 0.6 is 0 Å². The second-order valence-corrected chi connectivity index (χ2v) is 14.6. The zero-order valence-corrected chi connectivity index (χ0v) is 26.1. The van der Waals surface area contributed by atoms with E-state index in [-0.39, 0.29) is 29.2 Å². The first-order valence-corrected chi connectivity index (χ1v) is 14.7. The lowest BCUT2D eigenvalue weighted by molar-refractivity contribution is 0.00578. The number of hydrogen-bond acceptors (Lipinski definition) is 2. The molecule has 2 nitrogen and oxygen atoms in total. The quantitative estimate of drug-likeness (QED) is 0.290. The van der Waals surface area contributed by atoms with Gasteiger partial charge in [0, 0.05) is 0 Å². The Morgan fingerprint density at radius 1 is 0.538 bits per heavy atom. The number of aryl methyl sites for hydroxylation is 4. The molecule has 1 saturated heterocycles. The topological polar surface area (TPSA) is 18.5 Å². The molecule has 4 rings (SSSR count). The van der Waals surface area contributed by atoms with Gasteiger partial charge in [-0.05, 0) is 103 Å². The van der Waals surface area contributed by atoms with Crippen molar-refractivity contribution in [2.24, 2.45) is 0 Å². The van der Waals surface area contributed by atoms with Gasteiger partial charge in [0.05, 0.1) is 11.2 Å². The summed E-state index contributed by atoms with van der Waals surface area (Å²) in [6.45, 7) is 22.2. The zero-order valence-electron chi connectivity index (χ0n) is 26.1. The fourth-order valence-corrected chi connectivity index (χ4v) is 5.16. The van der Waals surface area contributed by atoms with Crippen LogP contribution in [0.3, 0.4) is 0 Å². The van der Waals surface area contributed by atoms with Gasteiger partial charge in [0.1, 0.15) is 0 Å². The summed E-state index contributed by atoms with van der Waals surface area (Å²) in [6, 6.07) is 25.2. The maximum atomic E-state index is 6.47. The molecule has 0 atom stereocenters. The van der Waals surface area contributed by atoms with Gasteiger partial charge in [-0.2, -0.15) is 0 Å². The van der Waals surface area contributed by atoms with E-state index in [2.05, 4.69) is 136 Å². The van der Waals surface area contributed by atoms with Crippen molar-refractivity contribution in [3.8, 4) is 0 Å². The number of benzene rings is 3. The summed E-state index contributed by atoms with van der Waals surface area (Å²) in [5.74, 6) is 0. The molecule has 0 spiro atoms. The van der Waals surface area contributed by atoms with Gasteiger partial charge in [-0.1, -0.05) is 108 Å². The Balaban J connectivity index is 1.59. The van der Waals surface area contributed by atoms with E-state index in [1.54, 1.807) is 0 Å². The molecule has 208 valence electrons. The minimum atomic E-state index is -0.353. The molecule has 1 fully saturated rings. The van der Waals surface area contributed by atoms with Crippen LogP contribution in [0.4, 0.5) is 0 Å². The summed E-state index contributed by atoms with van der Waals surface area (Å²) in [4.78, 5) is 0. The van der Waals surface area contributed by atoms with Crippen LogP contribution in [0.25, 0.3) is 0 Å². The van der Waals surface area contributed by atoms with Crippen LogP contribution in [0.2, 0.25) is 0 Å². The summed E-state index contributed by atoms with van der Waals surface area (Å²) in [5.41, 5.74) is 9.01. The first-order chi connectivity index (χ1) is 18.0. The van der Waals surface area contributed by atoms with E-state index < -0.39 is 0 Å². The molecule has 39 heavy (non-hydrogen) atoms. The highest BCUT2D eigenvalue weighted by Gasteiger charge is 2.51.